The number of unbranched alkanes of at least 4 members (excludes halogenated alkanes) is 21. The molecule has 3 heteroatoms. The molecule has 236 valence electrons. The van der Waals surface area contributed by atoms with Crippen molar-refractivity contribution in [1.82, 2.24) is 4.90 Å². The minimum absolute atomic E-state index is 0.583. The maximum Gasteiger partial charge on any atom is 0.0160 e. The first kappa shape index (κ1) is 43.3. The summed E-state index contributed by atoms with van der Waals surface area (Å²) in [6.07, 6.45) is 37.8. The predicted octanol–water partition coefficient (Wildman–Crippen LogP) is 12.4. The Kier molecular flexibility index (Phi) is 49.9. The van der Waals surface area contributed by atoms with Crippen LogP contribution in [0.3, 0.4) is 0 Å². The third kappa shape index (κ3) is 48.0. The molecule has 0 fully saturated rings. The molecule has 0 saturated carbocycles. The van der Waals surface area contributed by atoms with Gasteiger partial charge in [-0.15, -0.1) is 13.2 Å². The molecule has 2 N–H and O–H groups in total. The SMILES string of the molecule is C=CCN.C=CCN(CCCCCCCCCC)CCCCCCCCCC.CCCCCCCCCCBr. The smallest absolute Gasteiger partial charge is 0.0160 e. The normalized spacial score (nSPS) is 10.5. The van der Waals surface area contributed by atoms with Crippen molar-refractivity contribution in [3.05, 3.63) is 25.3 Å². The summed E-state index contributed by atoms with van der Waals surface area (Å²) in [5.41, 5.74) is 4.91. The Bertz CT molecular complexity index is 385. The monoisotopic (exact) mass is 615 g/mol. The highest BCUT2D eigenvalue weighted by Gasteiger charge is 2.02. The maximum atomic E-state index is 4.91. The number of halogens is 1. The van der Waals surface area contributed by atoms with Gasteiger partial charge in [0.2, 0.25) is 0 Å². The minimum Gasteiger partial charge on any atom is -0.327 e. The topological polar surface area (TPSA) is 29.3 Å². The Balaban J connectivity index is -0.000000711. The van der Waals surface area contributed by atoms with Gasteiger partial charge in [-0.3, -0.25) is 4.90 Å². The molecule has 0 spiro atoms. The molecule has 39 heavy (non-hydrogen) atoms. The first-order valence-electron chi connectivity index (χ1n) is 17.4. The fourth-order valence-electron chi connectivity index (χ4n) is 4.64. The highest BCUT2D eigenvalue weighted by Crippen LogP contribution is 2.11. The van der Waals surface area contributed by atoms with Crippen LogP contribution in [0.25, 0.3) is 0 Å². The van der Waals surface area contributed by atoms with Gasteiger partial charge in [0.1, 0.15) is 0 Å². The van der Waals surface area contributed by atoms with E-state index in [1.165, 1.54) is 173 Å². The molecule has 0 aromatic heterocycles. The van der Waals surface area contributed by atoms with E-state index in [1.54, 1.807) is 6.08 Å². The van der Waals surface area contributed by atoms with Gasteiger partial charge in [0.25, 0.3) is 0 Å². The lowest BCUT2D eigenvalue weighted by molar-refractivity contribution is 0.286. The van der Waals surface area contributed by atoms with Crippen molar-refractivity contribution in [2.45, 2.75) is 175 Å². The van der Waals surface area contributed by atoms with Gasteiger partial charge in [-0.25, -0.2) is 0 Å². The van der Waals surface area contributed by atoms with E-state index < -0.39 is 0 Å². The Morgan fingerprint density at radius 3 is 1.03 bits per heavy atom. The Labute approximate surface area is 257 Å². The summed E-state index contributed by atoms with van der Waals surface area (Å²) < 4.78 is 0. The van der Waals surface area contributed by atoms with Crippen LogP contribution in [0, 0.1) is 0 Å². The van der Waals surface area contributed by atoms with Crippen molar-refractivity contribution in [1.29, 1.82) is 0 Å². The predicted molar refractivity (Wildman–Crippen MR) is 188 cm³/mol. The largest absolute Gasteiger partial charge is 0.327 e. The second-order valence-corrected chi connectivity index (χ2v) is 12.0. The van der Waals surface area contributed by atoms with Gasteiger partial charge in [-0.05, 0) is 32.4 Å². The second-order valence-electron chi connectivity index (χ2n) is 11.2. The third-order valence-corrected chi connectivity index (χ3v) is 7.76. The van der Waals surface area contributed by atoms with Crippen molar-refractivity contribution in [2.24, 2.45) is 5.73 Å². The first-order chi connectivity index (χ1) is 19.2. The number of nitrogens with two attached hydrogens (primary N) is 1. The van der Waals surface area contributed by atoms with E-state index in [4.69, 9.17) is 5.73 Å². The van der Waals surface area contributed by atoms with Crippen LogP contribution in [-0.2, 0) is 0 Å². The zero-order valence-corrected chi connectivity index (χ0v) is 29.1. The fourth-order valence-corrected chi connectivity index (χ4v) is 5.04. The van der Waals surface area contributed by atoms with Gasteiger partial charge < -0.3 is 5.73 Å². The number of hydrogen-bond donors (Lipinski definition) is 1. The molecule has 0 aromatic rings. The van der Waals surface area contributed by atoms with Crippen LogP contribution in [0.4, 0.5) is 0 Å². The van der Waals surface area contributed by atoms with Crippen LogP contribution in [0.5, 0.6) is 0 Å². The lowest BCUT2D eigenvalue weighted by Crippen LogP contribution is -2.26. The van der Waals surface area contributed by atoms with Crippen molar-refractivity contribution in [2.75, 3.05) is 31.5 Å². The summed E-state index contributed by atoms with van der Waals surface area (Å²) in [4.78, 5) is 2.61. The van der Waals surface area contributed by atoms with Gasteiger partial charge in [0.15, 0.2) is 0 Å². The summed E-state index contributed by atoms with van der Waals surface area (Å²) in [6.45, 7) is 18.3. The molecule has 0 aromatic carbocycles. The second kappa shape index (κ2) is 44.9. The summed E-state index contributed by atoms with van der Waals surface area (Å²) in [5.74, 6) is 0. The van der Waals surface area contributed by atoms with E-state index in [9.17, 15) is 0 Å². The van der Waals surface area contributed by atoms with Crippen LogP contribution in [0.1, 0.15) is 175 Å². The molecule has 0 unspecified atom stereocenters. The van der Waals surface area contributed by atoms with Crippen LogP contribution < -0.4 is 5.73 Å². The van der Waals surface area contributed by atoms with Crippen molar-refractivity contribution >= 4 is 15.9 Å². The molecule has 0 atom stereocenters. The molecule has 0 radical (unpaired) electrons. The fraction of sp³-hybridized carbons (Fsp3) is 0.889. The molecule has 2 nitrogen and oxygen atoms in total. The molecule has 0 rings (SSSR count). The summed E-state index contributed by atoms with van der Waals surface area (Å²) in [6, 6.07) is 0. The van der Waals surface area contributed by atoms with E-state index in [-0.39, 0.29) is 0 Å². The van der Waals surface area contributed by atoms with Crippen molar-refractivity contribution in [3.63, 3.8) is 0 Å². The van der Waals surface area contributed by atoms with Crippen LogP contribution in [0.15, 0.2) is 25.3 Å². The van der Waals surface area contributed by atoms with Crippen LogP contribution in [0.2, 0.25) is 0 Å². The van der Waals surface area contributed by atoms with E-state index in [1.807, 2.05) is 0 Å². The summed E-state index contributed by atoms with van der Waals surface area (Å²) in [5, 5.41) is 1.18. The van der Waals surface area contributed by atoms with E-state index >= 15 is 0 Å². The number of nitrogens with zero attached hydrogens (tertiary/aromatic N) is 1. The Hall–Kier alpha value is -0.120. The Morgan fingerprint density at radius 2 is 0.769 bits per heavy atom. The quantitative estimate of drug-likeness (QED) is 0.0515. The van der Waals surface area contributed by atoms with Gasteiger partial charge in [-0.2, -0.15) is 0 Å². The molecule has 0 heterocycles. The van der Waals surface area contributed by atoms with Gasteiger partial charge in [-0.1, -0.05) is 184 Å². The van der Waals surface area contributed by atoms with Crippen molar-refractivity contribution in [3.8, 4) is 0 Å². The molecule has 0 aliphatic rings. The highest BCUT2D eigenvalue weighted by molar-refractivity contribution is 9.09. The highest BCUT2D eigenvalue weighted by atomic mass is 79.9. The minimum atomic E-state index is 0.583. The van der Waals surface area contributed by atoms with E-state index in [2.05, 4.69) is 60.8 Å². The van der Waals surface area contributed by atoms with E-state index in [0.717, 1.165) is 6.54 Å². The molecule has 0 amide bonds. The third-order valence-electron chi connectivity index (χ3n) is 7.20. The number of hydrogen-bond acceptors (Lipinski definition) is 2. The molecule has 0 aliphatic heterocycles. The average molecular weight is 616 g/mol. The maximum absolute atomic E-state index is 4.91. The van der Waals surface area contributed by atoms with Gasteiger partial charge >= 0.3 is 0 Å². The first-order valence-corrected chi connectivity index (χ1v) is 18.5. The van der Waals surface area contributed by atoms with Crippen molar-refractivity contribution < 1.29 is 0 Å². The van der Waals surface area contributed by atoms with Crippen LogP contribution >= 0.6 is 15.9 Å². The standard InChI is InChI=1S/C23H47N.C10H21Br.C3H7N/c1-4-7-9-11-13-15-17-19-22-24(21-6-3)23-20-18-16-14-12-10-8-5-2;1-2-3-4-5-6-7-8-9-10-11;1-2-3-4/h6H,3-5,7-23H2,1-2H3;2-10H2,1H3;2H,1,3-4H2. The average Bonchev–Trinajstić information content (AvgIpc) is 2.95. The number of rotatable bonds is 29. The van der Waals surface area contributed by atoms with Crippen LogP contribution in [-0.4, -0.2) is 36.4 Å². The lowest BCUT2D eigenvalue weighted by Gasteiger charge is -2.20. The van der Waals surface area contributed by atoms with Gasteiger partial charge in [0, 0.05) is 18.4 Å². The summed E-state index contributed by atoms with van der Waals surface area (Å²) in [7, 11) is 0. The Morgan fingerprint density at radius 1 is 0.487 bits per heavy atom. The van der Waals surface area contributed by atoms with E-state index in [0.29, 0.717) is 6.54 Å². The molecule has 0 saturated heterocycles. The number of alkyl halides is 1. The molecular weight excluding hydrogens is 540 g/mol. The summed E-state index contributed by atoms with van der Waals surface area (Å²) >= 11 is 3.44. The molecular formula is C36H75BrN2. The zero-order valence-electron chi connectivity index (χ0n) is 27.5. The zero-order chi connectivity index (χ0) is 29.5. The molecule has 0 aliphatic carbocycles. The molecule has 0 bridgehead atoms. The lowest BCUT2D eigenvalue weighted by atomic mass is 10.1. The van der Waals surface area contributed by atoms with Gasteiger partial charge in [0.05, 0.1) is 0 Å².